The number of rotatable bonds is 4. The Bertz CT molecular complexity index is 1650. The molecule has 6 rings (SSSR count). The number of pyridine rings is 1. The molecule has 0 aliphatic carbocycles. The van der Waals surface area contributed by atoms with E-state index in [0.29, 0.717) is 0 Å². The summed E-state index contributed by atoms with van der Waals surface area (Å²) >= 11 is 0. The molecule has 0 saturated heterocycles. The van der Waals surface area contributed by atoms with Crippen molar-refractivity contribution in [3.05, 3.63) is 71.9 Å². The lowest BCUT2D eigenvalue weighted by Crippen LogP contribution is -1.91. The predicted molar refractivity (Wildman–Crippen MR) is 133 cm³/mol. The zero-order valence-corrected chi connectivity index (χ0v) is 19.4. The second-order valence-corrected chi connectivity index (χ2v) is 8.44. The van der Waals surface area contributed by atoms with Crippen molar-refractivity contribution in [2.45, 2.75) is 20.8 Å². The zero-order valence-electron chi connectivity index (χ0n) is 19.4. The van der Waals surface area contributed by atoms with Crippen LogP contribution in [0.4, 0.5) is 0 Å². The molecule has 34 heavy (non-hydrogen) atoms. The molecule has 0 amide bonds. The molecule has 0 aliphatic rings. The minimum absolute atomic E-state index is 0.754. The van der Waals surface area contributed by atoms with Gasteiger partial charge in [0.05, 0.1) is 29.6 Å². The van der Waals surface area contributed by atoms with Crippen molar-refractivity contribution >= 4 is 21.8 Å². The van der Waals surface area contributed by atoms with Crippen molar-refractivity contribution in [1.29, 1.82) is 0 Å². The van der Waals surface area contributed by atoms with Crippen LogP contribution < -0.4 is 4.74 Å². The summed E-state index contributed by atoms with van der Waals surface area (Å²) in [7, 11) is 1.69. The van der Waals surface area contributed by atoms with Gasteiger partial charge in [-0.1, -0.05) is 35.5 Å². The second kappa shape index (κ2) is 7.59. The van der Waals surface area contributed by atoms with Gasteiger partial charge in [-0.15, -0.1) is 0 Å². The van der Waals surface area contributed by atoms with Crippen LogP contribution in [0.2, 0.25) is 0 Å². The third kappa shape index (κ3) is 2.94. The molecule has 4 aromatic heterocycles. The largest absolute Gasteiger partial charge is 0.496 e. The Labute approximate surface area is 195 Å². The molecule has 7 heteroatoms. The topological polar surface area (TPSA) is 92.6 Å². The van der Waals surface area contributed by atoms with Crippen LogP contribution in [0.25, 0.3) is 55.4 Å². The van der Waals surface area contributed by atoms with Gasteiger partial charge >= 0.3 is 0 Å². The number of aromatic nitrogens is 5. The lowest BCUT2D eigenvalue weighted by Gasteiger charge is -2.10. The quantitative estimate of drug-likeness (QED) is 0.327. The van der Waals surface area contributed by atoms with E-state index in [4.69, 9.17) is 14.2 Å². The average molecular weight is 450 g/mol. The number of ether oxygens (including phenoxy) is 1. The Hall–Kier alpha value is -4.39. The third-order valence-electron chi connectivity index (χ3n) is 6.36. The second-order valence-electron chi connectivity index (χ2n) is 8.44. The fourth-order valence-electron chi connectivity index (χ4n) is 4.82. The number of aryl methyl sites for hydroxylation is 3. The fourth-order valence-corrected chi connectivity index (χ4v) is 4.82. The van der Waals surface area contributed by atoms with Crippen LogP contribution in [0, 0.1) is 20.8 Å². The first-order valence-corrected chi connectivity index (χ1v) is 11.1. The maximum atomic E-state index is 5.83. The van der Waals surface area contributed by atoms with Crippen LogP contribution in [0.15, 0.2) is 59.3 Å². The van der Waals surface area contributed by atoms with E-state index in [9.17, 15) is 0 Å². The number of hydrogen-bond acceptors (Lipinski definition) is 5. The van der Waals surface area contributed by atoms with Gasteiger partial charge in [0.1, 0.15) is 17.2 Å². The number of aromatic amines is 2. The van der Waals surface area contributed by atoms with Crippen molar-refractivity contribution < 1.29 is 9.26 Å². The molecule has 4 heterocycles. The molecule has 0 unspecified atom stereocenters. The highest BCUT2D eigenvalue weighted by Gasteiger charge is 2.22. The van der Waals surface area contributed by atoms with Gasteiger partial charge in [0.2, 0.25) is 0 Å². The van der Waals surface area contributed by atoms with E-state index < -0.39 is 0 Å². The number of fused-ring (bicyclic) bond motifs is 3. The normalized spacial score (nSPS) is 11.5. The highest BCUT2D eigenvalue weighted by molar-refractivity contribution is 6.15. The highest BCUT2D eigenvalue weighted by Crippen LogP contribution is 2.43. The summed E-state index contributed by atoms with van der Waals surface area (Å²) in [6.07, 6.45) is 1.83. The Balaban J connectivity index is 1.65. The van der Waals surface area contributed by atoms with E-state index in [1.165, 1.54) is 0 Å². The Morgan fingerprint density at radius 1 is 0.912 bits per heavy atom. The van der Waals surface area contributed by atoms with Gasteiger partial charge in [-0.25, -0.2) is 0 Å². The number of nitrogens with zero attached hydrogens (tertiary/aromatic N) is 3. The molecule has 168 valence electrons. The van der Waals surface area contributed by atoms with E-state index in [-0.39, 0.29) is 0 Å². The van der Waals surface area contributed by atoms with Gasteiger partial charge in [0.15, 0.2) is 0 Å². The van der Waals surface area contributed by atoms with Crippen LogP contribution in [0.1, 0.15) is 17.1 Å². The molecule has 2 aromatic carbocycles. The zero-order chi connectivity index (χ0) is 23.4. The summed E-state index contributed by atoms with van der Waals surface area (Å²) in [6.45, 7) is 5.88. The minimum atomic E-state index is 0.754. The monoisotopic (exact) mass is 449 g/mol. The molecule has 0 bridgehead atoms. The summed E-state index contributed by atoms with van der Waals surface area (Å²) in [6, 6.07) is 16.3. The maximum Gasteiger partial charge on any atom is 0.141 e. The Morgan fingerprint density at radius 3 is 2.47 bits per heavy atom. The standard InChI is InChI=1S/C27H23N5O2/c1-14-24(26(31-30-14)17-8-6-5-7-9-17)27-25-18-13-22(33-4)19(23-15(2)32-34-16(23)3)12-21(18)29-20(25)10-11-28-27/h5-13,29H,1-4H3,(H,30,31). The number of benzene rings is 2. The molecule has 0 radical (unpaired) electrons. The smallest absolute Gasteiger partial charge is 0.141 e. The van der Waals surface area contributed by atoms with Crippen LogP contribution in [0.5, 0.6) is 5.75 Å². The molecule has 0 aliphatic heterocycles. The predicted octanol–water partition coefficient (Wildman–Crippen LogP) is 6.36. The molecule has 0 atom stereocenters. The summed E-state index contributed by atoms with van der Waals surface area (Å²) in [5.41, 5.74) is 9.46. The first kappa shape index (κ1) is 20.2. The number of hydrogen-bond donors (Lipinski definition) is 2. The van der Waals surface area contributed by atoms with Crippen molar-refractivity contribution in [2.24, 2.45) is 0 Å². The molecule has 2 N–H and O–H groups in total. The first-order chi connectivity index (χ1) is 16.6. The summed E-state index contributed by atoms with van der Waals surface area (Å²) in [4.78, 5) is 8.40. The SMILES string of the molecule is COc1cc2c(cc1-c1c(C)noc1C)[nH]c1ccnc(-c3c(-c4ccccc4)n[nH]c3C)c12. The van der Waals surface area contributed by atoms with E-state index in [0.717, 1.165) is 78.3 Å². The first-order valence-electron chi connectivity index (χ1n) is 11.1. The maximum absolute atomic E-state index is 5.83. The van der Waals surface area contributed by atoms with Gasteiger partial charge in [0, 0.05) is 44.9 Å². The molecule has 0 fully saturated rings. The van der Waals surface area contributed by atoms with Crippen molar-refractivity contribution in [3.8, 4) is 39.4 Å². The van der Waals surface area contributed by atoms with Crippen LogP contribution in [0.3, 0.4) is 0 Å². The van der Waals surface area contributed by atoms with E-state index >= 15 is 0 Å². The van der Waals surface area contributed by atoms with Gasteiger partial charge in [-0.05, 0) is 39.0 Å². The van der Waals surface area contributed by atoms with Crippen molar-refractivity contribution in [1.82, 2.24) is 25.3 Å². The number of methoxy groups -OCH3 is 1. The van der Waals surface area contributed by atoms with Crippen LogP contribution in [-0.4, -0.2) is 32.4 Å². The molecular weight excluding hydrogens is 426 g/mol. The van der Waals surface area contributed by atoms with Crippen molar-refractivity contribution in [2.75, 3.05) is 7.11 Å². The molecule has 0 spiro atoms. The number of H-pyrrole nitrogens is 2. The average Bonchev–Trinajstić information content (AvgIpc) is 3.52. The van der Waals surface area contributed by atoms with Gasteiger partial charge in [0.25, 0.3) is 0 Å². The van der Waals surface area contributed by atoms with Crippen LogP contribution in [-0.2, 0) is 0 Å². The summed E-state index contributed by atoms with van der Waals surface area (Å²) < 4.78 is 11.3. The third-order valence-corrected chi connectivity index (χ3v) is 6.36. The highest BCUT2D eigenvalue weighted by atomic mass is 16.5. The minimum Gasteiger partial charge on any atom is -0.496 e. The lowest BCUT2D eigenvalue weighted by molar-refractivity contribution is 0.393. The lowest BCUT2D eigenvalue weighted by atomic mass is 9.97. The number of nitrogens with one attached hydrogen (secondary N) is 2. The Morgan fingerprint density at radius 2 is 1.74 bits per heavy atom. The molecule has 6 aromatic rings. The van der Waals surface area contributed by atoms with E-state index in [2.05, 4.69) is 44.6 Å². The summed E-state index contributed by atoms with van der Waals surface area (Å²) in [5, 5.41) is 14.0. The van der Waals surface area contributed by atoms with E-state index in [1.807, 2.05) is 51.2 Å². The van der Waals surface area contributed by atoms with Gasteiger partial charge < -0.3 is 14.2 Å². The Kier molecular flexibility index (Phi) is 4.52. The van der Waals surface area contributed by atoms with Crippen molar-refractivity contribution in [3.63, 3.8) is 0 Å². The van der Waals surface area contributed by atoms with Crippen LogP contribution >= 0.6 is 0 Å². The van der Waals surface area contributed by atoms with E-state index in [1.54, 1.807) is 7.11 Å². The fraction of sp³-hybridized carbons (Fsp3) is 0.148. The molecular formula is C27H23N5O2. The molecule has 0 saturated carbocycles. The molecule has 7 nitrogen and oxygen atoms in total. The van der Waals surface area contributed by atoms with Gasteiger partial charge in [-0.2, -0.15) is 5.10 Å². The van der Waals surface area contributed by atoms with Gasteiger partial charge in [-0.3, -0.25) is 10.1 Å². The summed E-state index contributed by atoms with van der Waals surface area (Å²) in [5.74, 6) is 1.51.